The molecule has 0 aromatic carbocycles. The third-order valence-corrected chi connectivity index (χ3v) is 4.64. The molecule has 1 saturated heterocycles. The van der Waals surface area contributed by atoms with Gasteiger partial charge in [0.05, 0.1) is 29.5 Å². The molecule has 116 valence electrons. The van der Waals surface area contributed by atoms with E-state index in [1.807, 2.05) is 31.7 Å². The molecular weight excluding hydrogens is 300 g/mol. The van der Waals surface area contributed by atoms with E-state index in [0.29, 0.717) is 25.5 Å². The minimum atomic E-state index is -0.200. The maximum atomic E-state index is 12.7. The molecule has 2 aromatic rings. The quantitative estimate of drug-likeness (QED) is 0.848. The molecule has 0 radical (unpaired) electrons. The van der Waals surface area contributed by atoms with E-state index < -0.39 is 0 Å². The minimum Gasteiger partial charge on any atom is -0.368 e. The SMILES string of the molecule is Cc1nccc([C@@H]2CN(C(=O)c3sc(C)nc3C)CCO2)n1. The molecule has 6 nitrogen and oxygen atoms in total. The number of thiazole rings is 1. The number of hydrogen-bond donors (Lipinski definition) is 0. The molecule has 0 spiro atoms. The number of aromatic nitrogens is 3. The zero-order valence-corrected chi connectivity index (χ0v) is 13.7. The van der Waals surface area contributed by atoms with E-state index in [9.17, 15) is 4.79 Å². The molecule has 1 aliphatic heterocycles. The summed E-state index contributed by atoms with van der Waals surface area (Å²) in [6, 6.07) is 1.84. The second-order valence-electron chi connectivity index (χ2n) is 5.29. The molecular formula is C15H18N4O2S. The molecule has 1 aliphatic rings. The van der Waals surface area contributed by atoms with Crippen LogP contribution in [0, 0.1) is 20.8 Å². The molecule has 3 rings (SSSR count). The van der Waals surface area contributed by atoms with Gasteiger partial charge >= 0.3 is 0 Å². The molecule has 1 fully saturated rings. The van der Waals surface area contributed by atoms with Crippen LogP contribution in [0.3, 0.4) is 0 Å². The molecule has 0 N–H and O–H groups in total. The summed E-state index contributed by atoms with van der Waals surface area (Å²) >= 11 is 1.45. The van der Waals surface area contributed by atoms with E-state index in [4.69, 9.17) is 4.74 Å². The lowest BCUT2D eigenvalue weighted by Crippen LogP contribution is -2.42. The third-order valence-electron chi connectivity index (χ3n) is 3.58. The van der Waals surface area contributed by atoms with Crippen LogP contribution < -0.4 is 0 Å². The van der Waals surface area contributed by atoms with Gasteiger partial charge in [-0.1, -0.05) is 0 Å². The van der Waals surface area contributed by atoms with Gasteiger partial charge in [0.15, 0.2) is 0 Å². The first-order valence-electron chi connectivity index (χ1n) is 7.19. The largest absolute Gasteiger partial charge is 0.368 e. The normalized spacial score (nSPS) is 18.5. The highest BCUT2D eigenvalue weighted by atomic mass is 32.1. The summed E-state index contributed by atoms with van der Waals surface area (Å²) in [5.41, 5.74) is 1.62. The zero-order chi connectivity index (χ0) is 15.7. The number of ether oxygens (including phenoxy) is 1. The Kier molecular flexibility index (Phi) is 4.17. The van der Waals surface area contributed by atoms with Crippen LogP contribution in [0.2, 0.25) is 0 Å². The number of carbonyl (C=O) groups is 1. The number of hydrogen-bond acceptors (Lipinski definition) is 6. The van der Waals surface area contributed by atoms with Crippen LogP contribution in [0.5, 0.6) is 0 Å². The molecule has 1 atom stereocenters. The summed E-state index contributed by atoms with van der Waals surface area (Å²) in [5, 5.41) is 0.914. The van der Waals surface area contributed by atoms with Gasteiger partial charge in [0.25, 0.3) is 5.91 Å². The lowest BCUT2D eigenvalue weighted by atomic mass is 10.2. The van der Waals surface area contributed by atoms with Gasteiger partial charge in [-0.2, -0.15) is 0 Å². The van der Waals surface area contributed by atoms with Gasteiger partial charge < -0.3 is 9.64 Å². The third kappa shape index (κ3) is 3.00. The molecule has 2 aromatic heterocycles. The van der Waals surface area contributed by atoms with Gasteiger partial charge in [0, 0.05) is 12.7 Å². The maximum Gasteiger partial charge on any atom is 0.266 e. The molecule has 0 saturated carbocycles. The average molecular weight is 318 g/mol. The van der Waals surface area contributed by atoms with Gasteiger partial charge in [-0.25, -0.2) is 15.0 Å². The van der Waals surface area contributed by atoms with Gasteiger partial charge in [-0.05, 0) is 26.8 Å². The fraction of sp³-hybridized carbons (Fsp3) is 0.467. The average Bonchev–Trinajstić information content (AvgIpc) is 2.85. The van der Waals surface area contributed by atoms with Crippen molar-refractivity contribution in [2.45, 2.75) is 26.9 Å². The second kappa shape index (κ2) is 6.10. The van der Waals surface area contributed by atoms with Crippen LogP contribution in [0.4, 0.5) is 0 Å². The fourth-order valence-corrected chi connectivity index (χ4v) is 3.43. The predicted molar refractivity (Wildman–Crippen MR) is 83.0 cm³/mol. The smallest absolute Gasteiger partial charge is 0.266 e. The summed E-state index contributed by atoms with van der Waals surface area (Å²) in [7, 11) is 0. The van der Waals surface area contributed by atoms with Gasteiger partial charge in [-0.3, -0.25) is 4.79 Å². The number of carbonyl (C=O) groups excluding carboxylic acids is 1. The molecule has 3 heterocycles. The van der Waals surface area contributed by atoms with Crippen molar-refractivity contribution >= 4 is 17.2 Å². The summed E-state index contributed by atoms with van der Waals surface area (Å²) in [5.74, 6) is 0.737. The Morgan fingerprint density at radius 3 is 2.86 bits per heavy atom. The molecule has 0 unspecified atom stereocenters. The second-order valence-corrected chi connectivity index (χ2v) is 6.49. The van der Waals surface area contributed by atoms with Crippen molar-refractivity contribution in [3.8, 4) is 0 Å². The van der Waals surface area contributed by atoms with Crippen molar-refractivity contribution in [1.82, 2.24) is 19.9 Å². The van der Waals surface area contributed by atoms with Crippen LogP contribution in [0.15, 0.2) is 12.3 Å². The van der Waals surface area contributed by atoms with E-state index in [1.165, 1.54) is 11.3 Å². The van der Waals surface area contributed by atoms with E-state index >= 15 is 0 Å². The Morgan fingerprint density at radius 2 is 2.18 bits per heavy atom. The van der Waals surface area contributed by atoms with Crippen LogP contribution in [-0.4, -0.2) is 45.5 Å². The summed E-state index contributed by atoms with van der Waals surface area (Å²) in [6.07, 6.45) is 1.52. The topological polar surface area (TPSA) is 68.2 Å². The number of rotatable bonds is 2. The van der Waals surface area contributed by atoms with Crippen LogP contribution in [-0.2, 0) is 4.74 Å². The van der Waals surface area contributed by atoms with Crippen molar-refractivity contribution in [2.75, 3.05) is 19.7 Å². The fourth-order valence-electron chi connectivity index (χ4n) is 2.54. The summed E-state index contributed by atoms with van der Waals surface area (Å²) < 4.78 is 5.77. The lowest BCUT2D eigenvalue weighted by Gasteiger charge is -2.32. The highest BCUT2D eigenvalue weighted by molar-refractivity contribution is 7.13. The van der Waals surface area contributed by atoms with Crippen molar-refractivity contribution < 1.29 is 9.53 Å². The van der Waals surface area contributed by atoms with Crippen LogP contribution in [0.1, 0.15) is 38.0 Å². The Morgan fingerprint density at radius 1 is 1.36 bits per heavy atom. The molecule has 0 aliphatic carbocycles. The predicted octanol–water partition coefficient (Wildman–Crippen LogP) is 2.07. The highest BCUT2D eigenvalue weighted by Crippen LogP contribution is 2.24. The molecule has 7 heteroatoms. The minimum absolute atomic E-state index is 0.0298. The summed E-state index contributed by atoms with van der Waals surface area (Å²) in [6.45, 7) is 7.25. The van der Waals surface area contributed by atoms with E-state index in [2.05, 4.69) is 15.0 Å². The summed E-state index contributed by atoms with van der Waals surface area (Å²) in [4.78, 5) is 28.1. The first-order chi connectivity index (χ1) is 10.5. The van der Waals surface area contributed by atoms with Gasteiger partial charge in [0.2, 0.25) is 0 Å². The Bertz CT molecular complexity index is 701. The monoisotopic (exact) mass is 318 g/mol. The van der Waals surface area contributed by atoms with E-state index in [-0.39, 0.29) is 12.0 Å². The van der Waals surface area contributed by atoms with Gasteiger partial charge in [-0.15, -0.1) is 11.3 Å². The van der Waals surface area contributed by atoms with E-state index in [0.717, 1.165) is 21.3 Å². The van der Waals surface area contributed by atoms with Crippen molar-refractivity contribution in [3.63, 3.8) is 0 Å². The number of nitrogens with zero attached hydrogens (tertiary/aromatic N) is 4. The van der Waals surface area contributed by atoms with Crippen molar-refractivity contribution in [2.24, 2.45) is 0 Å². The zero-order valence-electron chi connectivity index (χ0n) is 12.9. The maximum absolute atomic E-state index is 12.7. The lowest BCUT2D eigenvalue weighted by molar-refractivity contribution is -0.0247. The Balaban J connectivity index is 1.78. The Hall–Kier alpha value is -1.86. The molecule has 22 heavy (non-hydrogen) atoms. The first kappa shape index (κ1) is 15.1. The Labute approximate surface area is 133 Å². The number of morpholine rings is 1. The first-order valence-corrected chi connectivity index (χ1v) is 8.00. The molecule has 0 bridgehead atoms. The van der Waals surface area contributed by atoms with Crippen molar-refractivity contribution in [1.29, 1.82) is 0 Å². The molecule has 1 amide bonds. The van der Waals surface area contributed by atoms with Crippen molar-refractivity contribution in [3.05, 3.63) is 39.4 Å². The van der Waals surface area contributed by atoms with Gasteiger partial charge in [0.1, 0.15) is 16.8 Å². The highest BCUT2D eigenvalue weighted by Gasteiger charge is 2.28. The standard InChI is InChI=1S/C15H18N4O2S/c1-9-14(22-11(3)17-9)15(20)19-6-7-21-13(8-19)12-4-5-16-10(2)18-12/h4-5,13H,6-8H2,1-3H3/t13-/m0/s1. The number of aryl methyl sites for hydroxylation is 3. The van der Waals surface area contributed by atoms with Crippen LogP contribution >= 0.6 is 11.3 Å². The van der Waals surface area contributed by atoms with Crippen LogP contribution in [0.25, 0.3) is 0 Å². The number of amides is 1. The van der Waals surface area contributed by atoms with E-state index in [1.54, 1.807) is 6.20 Å².